The van der Waals surface area contributed by atoms with Crippen LogP contribution in [0.25, 0.3) is 11.1 Å². The number of carbonyl (C=O) groups excluding carboxylic acids is 1. The predicted octanol–water partition coefficient (Wildman–Crippen LogP) is 2.83. The zero-order valence-electron chi connectivity index (χ0n) is 13.9. The molecular formula is C18H22N2O3S. The third kappa shape index (κ3) is 5.18. The van der Waals surface area contributed by atoms with Crippen molar-refractivity contribution in [2.75, 3.05) is 13.1 Å². The van der Waals surface area contributed by atoms with Crippen molar-refractivity contribution in [1.82, 2.24) is 10.2 Å². The molecule has 1 heterocycles. The first kappa shape index (κ1) is 18.2. The number of carboxylic acids is 1. The zero-order valence-corrected chi connectivity index (χ0v) is 14.7. The summed E-state index contributed by atoms with van der Waals surface area (Å²) in [5.74, 6) is -0.974. The SMILES string of the molecule is CC(=O)NCCN(Cc1cc(-c2ccccc2)cs1)C(C)C(=O)O. The lowest BCUT2D eigenvalue weighted by Crippen LogP contribution is -2.42. The molecule has 0 fully saturated rings. The maximum atomic E-state index is 11.3. The second-order valence-electron chi connectivity index (χ2n) is 5.64. The molecular weight excluding hydrogens is 324 g/mol. The fourth-order valence-electron chi connectivity index (χ4n) is 2.39. The van der Waals surface area contributed by atoms with Gasteiger partial charge in [-0.2, -0.15) is 0 Å². The van der Waals surface area contributed by atoms with E-state index in [1.165, 1.54) is 6.92 Å². The van der Waals surface area contributed by atoms with E-state index in [-0.39, 0.29) is 5.91 Å². The van der Waals surface area contributed by atoms with Crippen molar-refractivity contribution in [1.29, 1.82) is 0 Å². The molecule has 1 amide bonds. The summed E-state index contributed by atoms with van der Waals surface area (Å²) < 4.78 is 0. The first-order valence-electron chi connectivity index (χ1n) is 7.81. The first-order valence-corrected chi connectivity index (χ1v) is 8.69. The summed E-state index contributed by atoms with van der Waals surface area (Å²) >= 11 is 1.62. The zero-order chi connectivity index (χ0) is 17.5. The molecule has 5 nitrogen and oxygen atoms in total. The van der Waals surface area contributed by atoms with Gasteiger partial charge in [-0.15, -0.1) is 11.3 Å². The van der Waals surface area contributed by atoms with Crippen LogP contribution in [0.5, 0.6) is 0 Å². The van der Waals surface area contributed by atoms with Gasteiger partial charge in [0.25, 0.3) is 0 Å². The monoisotopic (exact) mass is 346 g/mol. The Balaban J connectivity index is 2.07. The summed E-state index contributed by atoms with van der Waals surface area (Å²) in [6, 6.07) is 11.6. The first-order chi connectivity index (χ1) is 11.5. The highest BCUT2D eigenvalue weighted by molar-refractivity contribution is 7.10. The molecule has 0 saturated carbocycles. The van der Waals surface area contributed by atoms with Crippen LogP contribution in [0.1, 0.15) is 18.7 Å². The maximum absolute atomic E-state index is 11.3. The minimum absolute atomic E-state index is 0.111. The van der Waals surface area contributed by atoms with Gasteiger partial charge < -0.3 is 10.4 Å². The van der Waals surface area contributed by atoms with Gasteiger partial charge in [0.2, 0.25) is 5.91 Å². The number of thiophene rings is 1. The number of carboxylic acid groups (broad SMARTS) is 1. The number of nitrogens with one attached hydrogen (secondary N) is 1. The Hall–Kier alpha value is -2.18. The normalized spacial score (nSPS) is 12.1. The topological polar surface area (TPSA) is 69.6 Å². The summed E-state index contributed by atoms with van der Waals surface area (Å²) in [4.78, 5) is 25.3. The quantitative estimate of drug-likeness (QED) is 0.771. The van der Waals surface area contributed by atoms with Crippen LogP contribution in [-0.2, 0) is 16.1 Å². The number of carbonyl (C=O) groups is 2. The molecule has 128 valence electrons. The lowest BCUT2D eigenvalue weighted by molar-refractivity contribution is -0.142. The number of nitrogens with zero attached hydrogens (tertiary/aromatic N) is 1. The third-order valence-electron chi connectivity index (χ3n) is 3.80. The summed E-state index contributed by atoms with van der Waals surface area (Å²) in [5, 5.41) is 14.1. The molecule has 0 spiro atoms. The van der Waals surface area contributed by atoms with Crippen molar-refractivity contribution in [3.8, 4) is 11.1 Å². The molecule has 2 aromatic rings. The van der Waals surface area contributed by atoms with E-state index in [1.54, 1.807) is 18.3 Å². The van der Waals surface area contributed by atoms with Crippen LogP contribution >= 0.6 is 11.3 Å². The number of aliphatic carboxylic acids is 1. The van der Waals surface area contributed by atoms with Gasteiger partial charge in [0.15, 0.2) is 0 Å². The second kappa shape index (κ2) is 8.61. The minimum Gasteiger partial charge on any atom is -0.480 e. The predicted molar refractivity (Wildman–Crippen MR) is 95.9 cm³/mol. The Morgan fingerprint density at radius 3 is 2.58 bits per heavy atom. The van der Waals surface area contributed by atoms with E-state index in [9.17, 15) is 14.7 Å². The van der Waals surface area contributed by atoms with E-state index in [2.05, 4.69) is 28.9 Å². The van der Waals surface area contributed by atoms with Crippen LogP contribution in [0.3, 0.4) is 0 Å². The fourth-order valence-corrected chi connectivity index (χ4v) is 3.30. The number of hydrogen-bond acceptors (Lipinski definition) is 4. The van der Waals surface area contributed by atoms with Gasteiger partial charge in [0.1, 0.15) is 6.04 Å². The Labute approximate surface area is 145 Å². The molecule has 1 unspecified atom stereocenters. The van der Waals surface area contributed by atoms with Crippen molar-refractivity contribution >= 4 is 23.2 Å². The Morgan fingerprint density at radius 2 is 1.96 bits per heavy atom. The van der Waals surface area contributed by atoms with Gasteiger partial charge in [0.05, 0.1) is 0 Å². The highest BCUT2D eigenvalue weighted by Gasteiger charge is 2.21. The van der Waals surface area contributed by atoms with Crippen LogP contribution in [0.15, 0.2) is 41.8 Å². The van der Waals surface area contributed by atoms with Crippen LogP contribution in [0.4, 0.5) is 0 Å². The molecule has 1 aromatic carbocycles. The lowest BCUT2D eigenvalue weighted by Gasteiger charge is -2.25. The smallest absolute Gasteiger partial charge is 0.320 e. The minimum atomic E-state index is -0.863. The van der Waals surface area contributed by atoms with Gasteiger partial charge >= 0.3 is 5.97 Å². The van der Waals surface area contributed by atoms with Crippen LogP contribution < -0.4 is 5.32 Å². The fraction of sp³-hybridized carbons (Fsp3) is 0.333. The van der Waals surface area contributed by atoms with E-state index in [4.69, 9.17) is 0 Å². The number of benzene rings is 1. The Kier molecular flexibility index (Phi) is 6.52. The second-order valence-corrected chi connectivity index (χ2v) is 6.63. The van der Waals surface area contributed by atoms with Crippen molar-refractivity contribution in [3.63, 3.8) is 0 Å². The molecule has 2 N–H and O–H groups in total. The summed E-state index contributed by atoms with van der Waals surface area (Å²) in [6.07, 6.45) is 0. The molecule has 1 atom stereocenters. The van der Waals surface area contributed by atoms with Crippen LogP contribution in [-0.4, -0.2) is 41.0 Å². The maximum Gasteiger partial charge on any atom is 0.320 e. The Morgan fingerprint density at radius 1 is 1.25 bits per heavy atom. The molecule has 0 aliphatic carbocycles. The number of rotatable bonds is 8. The molecule has 0 aliphatic rings. The third-order valence-corrected chi connectivity index (χ3v) is 4.72. The van der Waals surface area contributed by atoms with E-state index in [0.717, 1.165) is 16.0 Å². The van der Waals surface area contributed by atoms with Crippen LogP contribution in [0.2, 0.25) is 0 Å². The average Bonchev–Trinajstić information content (AvgIpc) is 3.02. The molecule has 6 heteroatoms. The standard InChI is InChI=1S/C18H22N2O3S/c1-13(18(22)23)20(9-8-19-14(2)21)11-17-10-16(12-24-17)15-6-4-3-5-7-15/h3-7,10,12-13H,8-9,11H2,1-2H3,(H,19,21)(H,22,23). The Bertz CT molecular complexity index is 685. The highest BCUT2D eigenvalue weighted by atomic mass is 32.1. The van der Waals surface area contributed by atoms with E-state index >= 15 is 0 Å². The summed E-state index contributed by atoms with van der Waals surface area (Å²) in [6.45, 7) is 4.60. The summed E-state index contributed by atoms with van der Waals surface area (Å²) in [5.41, 5.74) is 2.29. The van der Waals surface area contributed by atoms with Crippen LogP contribution in [0, 0.1) is 0 Å². The van der Waals surface area contributed by atoms with E-state index in [0.29, 0.717) is 19.6 Å². The van der Waals surface area contributed by atoms with Crippen molar-refractivity contribution in [3.05, 3.63) is 46.7 Å². The van der Waals surface area contributed by atoms with E-state index < -0.39 is 12.0 Å². The molecule has 2 rings (SSSR count). The largest absolute Gasteiger partial charge is 0.480 e. The molecule has 0 saturated heterocycles. The van der Waals surface area contributed by atoms with Crippen molar-refractivity contribution < 1.29 is 14.7 Å². The van der Waals surface area contributed by atoms with Gasteiger partial charge in [-0.25, -0.2) is 0 Å². The van der Waals surface area contributed by atoms with Gasteiger partial charge in [-0.3, -0.25) is 14.5 Å². The van der Waals surface area contributed by atoms with Gasteiger partial charge in [0, 0.05) is 31.4 Å². The molecule has 24 heavy (non-hydrogen) atoms. The van der Waals surface area contributed by atoms with E-state index in [1.807, 2.05) is 23.1 Å². The lowest BCUT2D eigenvalue weighted by atomic mass is 10.1. The molecule has 0 aliphatic heterocycles. The highest BCUT2D eigenvalue weighted by Crippen LogP contribution is 2.26. The van der Waals surface area contributed by atoms with Gasteiger partial charge in [-0.05, 0) is 29.5 Å². The molecule has 0 radical (unpaired) electrons. The summed E-state index contributed by atoms with van der Waals surface area (Å²) in [7, 11) is 0. The average molecular weight is 346 g/mol. The van der Waals surface area contributed by atoms with Crippen molar-refractivity contribution in [2.24, 2.45) is 0 Å². The molecule has 1 aromatic heterocycles. The number of hydrogen-bond donors (Lipinski definition) is 2. The van der Waals surface area contributed by atoms with Gasteiger partial charge in [-0.1, -0.05) is 30.3 Å². The van der Waals surface area contributed by atoms with Crippen molar-refractivity contribution in [2.45, 2.75) is 26.4 Å². The number of amides is 1. The molecule has 0 bridgehead atoms.